The molecule has 5 atom stereocenters. The normalized spacial score (nSPS) is 33.4. The van der Waals surface area contributed by atoms with Crippen molar-refractivity contribution in [2.75, 3.05) is 31.2 Å². The highest BCUT2D eigenvalue weighted by molar-refractivity contribution is 9.10. The van der Waals surface area contributed by atoms with Gasteiger partial charge in [-0.05, 0) is 77.6 Å². The van der Waals surface area contributed by atoms with E-state index in [2.05, 4.69) is 26.9 Å². The average molecular weight is 486 g/mol. The molecule has 3 aliphatic heterocycles. The number of likely N-dealkylation sites (tertiary alicyclic amines) is 1. The number of fused-ring (bicyclic) bond motifs is 3. The summed E-state index contributed by atoms with van der Waals surface area (Å²) < 4.78 is 12.6. The van der Waals surface area contributed by atoms with E-state index in [1.54, 1.807) is 4.90 Å². The summed E-state index contributed by atoms with van der Waals surface area (Å²) in [4.78, 5) is 15.9. The molecule has 0 bridgehead atoms. The van der Waals surface area contributed by atoms with Gasteiger partial charge in [0.15, 0.2) is 6.29 Å². The highest BCUT2D eigenvalue weighted by Gasteiger charge is 2.49. The Hall–Kier alpha value is -1.02. The van der Waals surface area contributed by atoms with E-state index in [1.807, 2.05) is 6.07 Å². The molecule has 0 radical (unpaired) electrons. The maximum Gasteiger partial charge on any atom is 0.407 e. The fraction of sp³-hybridized carbons (Fsp3) is 0.667. The summed E-state index contributed by atoms with van der Waals surface area (Å²) in [6.45, 7) is 2.60. The highest BCUT2D eigenvalue weighted by atomic mass is 79.9. The molecule has 4 aliphatic rings. The second-order valence-corrected chi connectivity index (χ2v) is 9.98. The number of benzene rings is 1. The van der Waals surface area contributed by atoms with Crippen molar-refractivity contribution in [1.29, 1.82) is 0 Å². The van der Waals surface area contributed by atoms with Crippen molar-refractivity contribution >= 4 is 39.3 Å². The Labute approximate surface area is 184 Å². The zero-order valence-electron chi connectivity index (χ0n) is 16.2. The molecule has 3 fully saturated rings. The number of anilines is 1. The number of amides is 1. The van der Waals surface area contributed by atoms with Gasteiger partial charge < -0.3 is 24.4 Å². The molecule has 1 aromatic rings. The second-order valence-electron chi connectivity index (χ2n) is 8.69. The van der Waals surface area contributed by atoms with E-state index in [0.29, 0.717) is 25.0 Å². The summed E-state index contributed by atoms with van der Waals surface area (Å²) >= 11 is 10.0. The van der Waals surface area contributed by atoms with Crippen LogP contribution in [0.1, 0.15) is 43.6 Å². The number of carbonyl (C=O) groups is 1. The number of nitrogens with zero attached hydrogens (tertiary/aromatic N) is 2. The van der Waals surface area contributed by atoms with E-state index >= 15 is 0 Å². The number of halogens is 2. The highest BCUT2D eigenvalue weighted by Crippen LogP contribution is 2.57. The Balaban J connectivity index is 1.34. The van der Waals surface area contributed by atoms with Gasteiger partial charge in [-0.15, -0.1) is 0 Å². The number of hydrogen-bond donors (Lipinski definition) is 1. The van der Waals surface area contributed by atoms with Crippen LogP contribution < -0.4 is 4.90 Å². The van der Waals surface area contributed by atoms with Gasteiger partial charge >= 0.3 is 6.09 Å². The summed E-state index contributed by atoms with van der Waals surface area (Å²) in [7, 11) is 0. The lowest BCUT2D eigenvalue weighted by molar-refractivity contribution is -0.168. The van der Waals surface area contributed by atoms with Gasteiger partial charge in [-0.2, -0.15) is 0 Å². The maximum absolute atomic E-state index is 11.9. The van der Waals surface area contributed by atoms with Crippen LogP contribution in [0.4, 0.5) is 10.5 Å². The molecule has 3 heterocycles. The zero-order valence-corrected chi connectivity index (χ0v) is 18.6. The molecule has 8 heteroatoms. The van der Waals surface area contributed by atoms with Gasteiger partial charge in [-0.3, -0.25) is 0 Å². The third-order valence-electron chi connectivity index (χ3n) is 6.79. The van der Waals surface area contributed by atoms with Crippen LogP contribution in [0.2, 0.25) is 5.02 Å². The topological polar surface area (TPSA) is 62.2 Å². The quantitative estimate of drug-likeness (QED) is 0.670. The van der Waals surface area contributed by atoms with E-state index in [9.17, 15) is 9.90 Å². The van der Waals surface area contributed by atoms with Gasteiger partial charge in [0, 0.05) is 35.2 Å². The number of rotatable bonds is 4. The van der Waals surface area contributed by atoms with Crippen molar-refractivity contribution in [3.8, 4) is 0 Å². The molecule has 158 valence electrons. The average Bonchev–Trinajstić information content (AvgIpc) is 3.36. The largest absolute Gasteiger partial charge is 0.465 e. The minimum Gasteiger partial charge on any atom is -0.465 e. The maximum atomic E-state index is 11.9. The van der Waals surface area contributed by atoms with Crippen LogP contribution in [-0.2, 0) is 9.47 Å². The fourth-order valence-corrected chi connectivity index (χ4v) is 6.31. The third kappa shape index (κ3) is 3.87. The summed E-state index contributed by atoms with van der Waals surface area (Å²) in [5, 5.41) is 10.5. The van der Waals surface area contributed by atoms with Crippen molar-refractivity contribution < 1.29 is 19.4 Å². The second kappa shape index (κ2) is 7.91. The van der Waals surface area contributed by atoms with Crippen molar-refractivity contribution in [3.05, 3.63) is 27.2 Å². The Bertz CT molecular complexity index is 803. The lowest BCUT2D eigenvalue weighted by atomic mass is 9.99. The molecule has 0 spiro atoms. The molecule has 1 aliphatic carbocycles. The van der Waals surface area contributed by atoms with Crippen LogP contribution in [0.15, 0.2) is 16.6 Å². The first-order valence-electron chi connectivity index (χ1n) is 10.5. The van der Waals surface area contributed by atoms with Crippen LogP contribution in [0.3, 0.4) is 0 Å². The third-order valence-corrected chi connectivity index (χ3v) is 7.61. The van der Waals surface area contributed by atoms with Gasteiger partial charge in [0.05, 0.1) is 18.3 Å². The SMILES string of the molecule is O=C(O)N1C[C@@H](N2CC3CC3c3cc(Cl)cc(Br)c32)C[C@@H]1COC1CCCCO1. The first-order chi connectivity index (χ1) is 14.0. The predicted octanol–water partition coefficient (Wildman–Crippen LogP) is 4.69. The summed E-state index contributed by atoms with van der Waals surface area (Å²) in [6.07, 6.45) is 3.95. The Kier molecular flexibility index (Phi) is 5.43. The molecule has 1 aromatic carbocycles. The van der Waals surface area contributed by atoms with Crippen molar-refractivity contribution in [3.63, 3.8) is 0 Å². The monoisotopic (exact) mass is 484 g/mol. The molecule has 29 heavy (non-hydrogen) atoms. The molecule has 5 rings (SSSR count). The Morgan fingerprint density at radius 3 is 2.93 bits per heavy atom. The van der Waals surface area contributed by atoms with Crippen molar-refractivity contribution in [2.24, 2.45) is 5.92 Å². The smallest absolute Gasteiger partial charge is 0.407 e. The Morgan fingerprint density at radius 1 is 1.31 bits per heavy atom. The minimum absolute atomic E-state index is 0.143. The minimum atomic E-state index is -0.873. The van der Waals surface area contributed by atoms with Gasteiger partial charge in [0.2, 0.25) is 0 Å². The molecular formula is C21H26BrClN2O4. The molecule has 1 amide bonds. The van der Waals surface area contributed by atoms with E-state index in [-0.39, 0.29) is 18.4 Å². The summed E-state index contributed by atoms with van der Waals surface area (Å²) in [5.41, 5.74) is 2.50. The van der Waals surface area contributed by atoms with E-state index < -0.39 is 6.09 Å². The number of carboxylic acid groups (broad SMARTS) is 1. The van der Waals surface area contributed by atoms with E-state index in [0.717, 1.165) is 48.3 Å². The van der Waals surface area contributed by atoms with Crippen molar-refractivity contribution in [2.45, 2.75) is 56.4 Å². The van der Waals surface area contributed by atoms with Crippen LogP contribution in [0.5, 0.6) is 0 Å². The van der Waals surface area contributed by atoms with Gasteiger partial charge in [0.1, 0.15) is 0 Å². The fourth-order valence-electron chi connectivity index (χ4n) is 5.25. The molecule has 6 nitrogen and oxygen atoms in total. The number of ether oxygens (including phenoxy) is 2. The van der Waals surface area contributed by atoms with E-state index in [4.69, 9.17) is 21.1 Å². The van der Waals surface area contributed by atoms with E-state index in [1.165, 1.54) is 17.7 Å². The van der Waals surface area contributed by atoms with Crippen LogP contribution in [0, 0.1) is 5.92 Å². The van der Waals surface area contributed by atoms with Gasteiger partial charge in [-0.1, -0.05) is 11.6 Å². The molecule has 1 N–H and O–H groups in total. The Morgan fingerprint density at radius 2 is 2.17 bits per heavy atom. The standard InChI is InChI=1S/C21H26BrClN2O4/c22-18-7-13(23)6-17-16-5-12(16)9-24(20(17)18)14-8-15(25(10-14)21(26)27)11-29-19-3-1-2-4-28-19/h6-7,12,14-16,19H,1-5,8-11H2,(H,26,27)/t12?,14-,15+,16?,19?/m0/s1. The van der Waals surface area contributed by atoms with Crippen LogP contribution in [-0.4, -0.2) is 60.8 Å². The molecule has 1 saturated carbocycles. The van der Waals surface area contributed by atoms with Gasteiger partial charge in [0.25, 0.3) is 0 Å². The lowest BCUT2D eigenvalue weighted by Gasteiger charge is -2.36. The lowest BCUT2D eigenvalue weighted by Crippen LogP contribution is -2.42. The first-order valence-corrected chi connectivity index (χ1v) is 11.7. The summed E-state index contributed by atoms with van der Waals surface area (Å²) in [6, 6.07) is 4.03. The molecule has 2 saturated heterocycles. The van der Waals surface area contributed by atoms with Crippen LogP contribution in [0.25, 0.3) is 0 Å². The number of hydrogen-bond acceptors (Lipinski definition) is 4. The predicted molar refractivity (Wildman–Crippen MR) is 114 cm³/mol. The first kappa shape index (κ1) is 19.9. The molecule has 3 unspecified atom stereocenters. The van der Waals surface area contributed by atoms with Gasteiger partial charge in [-0.25, -0.2) is 4.79 Å². The molecular weight excluding hydrogens is 460 g/mol. The zero-order chi connectivity index (χ0) is 20.1. The molecule has 0 aromatic heterocycles. The summed E-state index contributed by atoms with van der Waals surface area (Å²) in [5.74, 6) is 1.24. The van der Waals surface area contributed by atoms with Crippen molar-refractivity contribution in [1.82, 2.24) is 4.90 Å². The van der Waals surface area contributed by atoms with Crippen LogP contribution >= 0.6 is 27.5 Å².